The number of anilines is 1. The molecule has 0 spiro atoms. The average Bonchev–Trinajstić information content (AvgIpc) is 2.64. The van der Waals surface area contributed by atoms with Gasteiger partial charge < -0.3 is 10.1 Å². The molecule has 1 heterocycles. The highest BCUT2D eigenvalue weighted by molar-refractivity contribution is 6.32. The Hall–Kier alpha value is -2.32. The number of carbonyl (C=O) groups excluding carboxylic acids is 1. The van der Waals surface area contributed by atoms with Gasteiger partial charge >= 0.3 is 6.18 Å². The highest BCUT2D eigenvalue weighted by Crippen LogP contribution is 2.25. The molecule has 0 saturated heterocycles. The van der Waals surface area contributed by atoms with Gasteiger partial charge in [-0.1, -0.05) is 37.6 Å². The normalized spacial score (nSPS) is 11.5. The second kappa shape index (κ2) is 9.75. The molecule has 0 aliphatic rings. The van der Waals surface area contributed by atoms with Crippen LogP contribution in [-0.4, -0.2) is 41.7 Å². The minimum absolute atomic E-state index is 0.110. The van der Waals surface area contributed by atoms with Crippen LogP contribution in [0.2, 0.25) is 5.02 Å². The van der Waals surface area contributed by atoms with E-state index in [4.69, 9.17) is 11.6 Å². The zero-order valence-electron chi connectivity index (χ0n) is 15.5. The van der Waals surface area contributed by atoms with Crippen LogP contribution >= 0.6 is 11.6 Å². The first-order chi connectivity index (χ1) is 13.2. The molecule has 152 valence electrons. The van der Waals surface area contributed by atoms with Crippen molar-refractivity contribution in [3.63, 3.8) is 0 Å². The molecule has 0 fully saturated rings. The predicted molar refractivity (Wildman–Crippen MR) is 102 cm³/mol. The van der Waals surface area contributed by atoms with E-state index >= 15 is 0 Å². The Kier molecular flexibility index (Phi) is 7.65. The van der Waals surface area contributed by atoms with E-state index in [-0.39, 0.29) is 16.5 Å². The maximum absolute atomic E-state index is 12.4. The molecule has 0 bridgehead atoms. The molecule has 0 radical (unpaired) electrons. The number of hydrogen-bond donors (Lipinski definition) is 1. The predicted octanol–water partition coefficient (Wildman–Crippen LogP) is 4.77. The number of pyridine rings is 1. The number of benzene rings is 1. The molecule has 0 saturated carbocycles. The molecule has 5 nitrogen and oxygen atoms in total. The van der Waals surface area contributed by atoms with Crippen molar-refractivity contribution >= 4 is 23.2 Å². The number of ether oxygens (including phenoxy) is 1. The second-order valence-corrected chi connectivity index (χ2v) is 6.44. The third kappa shape index (κ3) is 6.69. The molecular formula is C19H21ClF3N3O2. The zero-order chi connectivity index (χ0) is 20.7. The lowest BCUT2D eigenvalue weighted by Crippen LogP contribution is -2.22. The van der Waals surface area contributed by atoms with Crippen LogP contribution in [0.5, 0.6) is 5.88 Å². The van der Waals surface area contributed by atoms with Crippen molar-refractivity contribution < 1.29 is 22.7 Å². The Morgan fingerprint density at radius 1 is 1.25 bits per heavy atom. The number of nitrogens with zero attached hydrogens (tertiary/aromatic N) is 2. The van der Waals surface area contributed by atoms with Crippen LogP contribution in [0, 0.1) is 0 Å². The SMILES string of the molecule is CCN(CC)Cc1cccc(NC(=O)c2cnc(OCC(F)(F)F)c(Cl)c2)c1. The maximum atomic E-state index is 12.4. The Morgan fingerprint density at radius 2 is 1.96 bits per heavy atom. The minimum atomic E-state index is -4.50. The van der Waals surface area contributed by atoms with Gasteiger partial charge in [0, 0.05) is 18.4 Å². The molecule has 1 N–H and O–H groups in total. The summed E-state index contributed by atoms with van der Waals surface area (Å²) >= 11 is 5.88. The first kappa shape index (κ1) is 22.0. The molecule has 0 atom stereocenters. The van der Waals surface area contributed by atoms with Gasteiger partial charge in [0.2, 0.25) is 5.88 Å². The van der Waals surface area contributed by atoms with E-state index in [9.17, 15) is 18.0 Å². The fourth-order valence-electron chi connectivity index (χ4n) is 2.46. The van der Waals surface area contributed by atoms with Crippen LogP contribution in [0.3, 0.4) is 0 Å². The third-order valence-electron chi connectivity index (χ3n) is 3.93. The molecule has 28 heavy (non-hydrogen) atoms. The highest BCUT2D eigenvalue weighted by Gasteiger charge is 2.29. The Labute approximate surface area is 166 Å². The van der Waals surface area contributed by atoms with Gasteiger partial charge in [-0.25, -0.2) is 4.98 Å². The molecule has 0 aliphatic carbocycles. The van der Waals surface area contributed by atoms with Gasteiger partial charge in [-0.15, -0.1) is 0 Å². The summed E-state index contributed by atoms with van der Waals surface area (Å²) in [4.78, 5) is 18.3. The highest BCUT2D eigenvalue weighted by atomic mass is 35.5. The largest absolute Gasteiger partial charge is 0.467 e. The van der Waals surface area contributed by atoms with E-state index in [0.29, 0.717) is 5.69 Å². The molecule has 9 heteroatoms. The van der Waals surface area contributed by atoms with E-state index in [1.165, 1.54) is 6.07 Å². The molecule has 2 aromatic rings. The van der Waals surface area contributed by atoms with Crippen LogP contribution in [0.1, 0.15) is 29.8 Å². The lowest BCUT2D eigenvalue weighted by molar-refractivity contribution is -0.154. The molecule has 1 aromatic heterocycles. The van der Waals surface area contributed by atoms with Crippen molar-refractivity contribution in [3.8, 4) is 5.88 Å². The van der Waals surface area contributed by atoms with Gasteiger partial charge in [0.15, 0.2) is 6.61 Å². The summed E-state index contributed by atoms with van der Waals surface area (Å²) in [6, 6.07) is 8.65. The van der Waals surface area contributed by atoms with Crippen molar-refractivity contribution in [3.05, 3.63) is 52.7 Å². The van der Waals surface area contributed by atoms with E-state index in [0.717, 1.165) is 31.4 Å². The van der Waals surface area contributed by atoms with E-state index < -0.39 is 18.7 Å². The average molecular weight is 416 g/mol. The number of hydrogen-bond acceptors (Lipinski definition) is 4. The number of alkyl halides is 3. The van der Waals surface area contributed by atoms with Gasteiger partial charge in [0.05, 0.1) is 5.56 Å². The number of rotatable bonds is 8. The maximum Gasteiger partial charge on any atom is 0.422 e. The van der Waals surface area contributed by atoms with Gasteiger partial charge in [-0.3, -0.25) is 9.69 Å². The van der Waals surface area contributed by atoms with Gasteiger partial charge in [-0.05, 0) is 36.9 Å². The molecule has 1 aromatic carbocycles. The van der Waals surface area contributed by atoms with Crippen LogP contribution < -0.4 is 10.1 Å². The Bertz CT molecular complexity index is 811. The van der Waals surface area contributed by atoms with Crippen molar-refractivity contribution in [2.45, 2.75) is 26.6 Å². The molecule has 0 aliphatic heterocycles. The number of aromatic nitrogens is 1. The van der Waals surface area contributed by atoms with E-state index in [2.05, 4.69) is 33.8 Å². The number of amides is 1. The van der Waals surface area contributed by atoms with E-state index in [1.807, 2.05) is 18.2 Å². The van der Waals surface area contributed by atoms with Crippen LogP contribution in [0.25, 0.3) is 0 Å². The van der Waals surface area contributed by atoms with Crippen molar-refractivity contribution in [2.24, 2.45) is 0 Å². The van der Waals surface area contributed by atoms with Crippen molar-refractivity contribution in [1.29, 1.82) is 0 Å². The minimum Gasteiger partial charge on any atom is -0.467 e. The molecule has 0 unspecified atom stereocenters. The third-order valence-corrected chi connectivity index (χ3v) is 4.20. The topological polar surface area (TPSA) is 54.5 Å². The van der Waals surface area contributed by atoms with Crippen molar-refractivity contribution in [2.75, 3.05) is 25.0 Å². The van der Waals surface area contributed by atoms with Gasteiger partial charge in [0.25, 0.3) is 5.91 Å². The zero-order valence-corrected chi connectivity index (χ0v) is 16.3. The lowest BCUT2D eigenvalue weighted by Gasteiger charge is -2.18. The first-order valence-electron chi connectivity index (χ1n) is 8.69. The summed E-state index contributed by atoms with van der Waals surface area (Å²) in [6.07, 6.45) is -3.39. The fourth-order valence-corrected chi connectivity index (χ4v) is 2.68. The number of nitrogens with one attached hydrogen (secondary N) is 1. The number of carbonyl (C=O) groups is 1. The van der Waals surface area contributed by atoms with Gasteiger partial charge in [0.1, 0.15) is 5.02 Å². The van der Waals surface area contributed by atoms with E-state index in [1.54, 1.807) is 6.07 Å². The Morgan fingerprint density at radius 3 is 2.57 bits per heavy atom. The fraction of sp³-hybridized carbons (Fsp3) is 0.368. The monoisotopic (exact) mass is 415 g/mol. The molecule has 1 amide bonds. The Balaban J connectivity index is 2.05. The molecular weight excluding hydrogens is 395 g/mol. The van der Waals surface area contributed by atoms with Crippen LogP contribution in [0.4, 0.5) is 18.9 Å². The second-order valence-electron chi connectivity index (χ2n) is 6.03. The van der Waals surface area contributed by atoms with Crippen LogP contribution in [0.15, 0.2) is 36.5 Å². The smallest absolute Gasteiger partial charge is 0.422 e. The standard InChI is InChI=1S/C19H21ClF3N3O2/c1-3-26(4-2)11-13-6-5-7-15(8-13)25-17(27)14-9-16(20)18(24-10-14)28-12-19(21,22)23/h5-10H,3-4,11-12H2,1-2H3,(H,25,27). The summed E-state index contributed by atoms with van der Waals surface area (Å²) in [5, 5.41) is 2.56. The number of halogens is 4. The first-order valence-corrected chi connectivity index (χ1v) is 9.07. The summed E-state index contributed by atoms with van der Waals surface area (Å²) in [7, 11) is 0. The molecule has 2 rings (SSSR count). The van der Waals surface area contributed by atoms with Crippen molar-refractivity contribution in [1.82, 2.24) is 9.88 Å². The summed E-state index contributed by atoms with van der Waals surface area (Å²) in [5.74, 6) is -0.853. The summed E-state index contributed by atoms with van der Waals surface area (Å²) in [6.45, 7) is 5.24. The lowest BCUT2D eigenvalue weighted by atomic mass is 10.1. The quantitative estimate of drug-likeness (QED) is 0.674. The van der Waals surface area contributed by atoms with Gasteiger partial charge in [-0.2, -0.15) is 13.2 Å². The summed E-state index contributed by atoms with van der Waals surface area (Å²) < 4.78 is 41.2. The summed E-state index contributed by atoms with van der Waals surface area (Å²) in [5.41, 5.74) is 1.76. The van der Waals surface area contributed by atoms with Crippen LogP contribution in [-0.2, 0) is 6.54 Å².